The molecule has 0 radical (unpaired) electrons. The number of halogens is 2. The minimum Gasteiger partial charge on any atom is -0.478 e. The Labute approximate surface area is 132 Å². The van der Waals surface area contributed by atoms with Gasteiger partial charge in [0.25, 0.3) is 0 Å². The first-order chi connectivity index (χ1) is 9.97. The first-order valence-corrected chi connectivity index (χ1v) is 6.86. The monoisotopic (exact) mass is 322 g/mol. The van der Waals surface area contributed by atoms with Crippen molar-refractivity contribution in [2.75, 3.05) is 0 Å². The van der Waals surface area contributed by atoms with Crippen LogP contribution in [-0.4, -0.2) is 11.1 Å². The second-order valence-corrected chi connectivity index (χ2v) is 5.16. The summed E-state index contributed by atoms with van der Waals surface area (Å²) in [7, 11) is 0. The van der Waals surface area contributed by atoms with Crippen LogP contribution in [0.2, 0.25) is 10.0 Å². The number of carbonyl (C=O) groups is 1. The number of hydrogen-bond acceptors (Lipinski definition) is 2. The highest BCUT2D eigenvalue weighted by atomic mass is 35.5. The van der Waals surface area contributed by atoms with Crippen LogP contribution in [0.4, 0.5) is 0 Å². The van der Waals surface area contributed by atoms with Gasteiger partial charge in [-0.05, 0) is 42.8 Å². The van der Waals surface area contributed by atoms with Crippen LogP contribution in [0.5, 0.6) is 11.5 Å². The number of benzene rings is 2. The Balaban J connectivity index is 2.38. The van der Waals surface area contributed by atoms with Crippen LogP contribution in [0, 0.1) is 6.92 Å². The van der Waals surface area contributed by atoms with Crippen molar-refractivity contribution in [1.29, 1.82) is 0 Å². The lowest BCUT2D eigenvalue weighted by molar-refractivity contribution is -0.131. The van der Waals surface area contributed by atoms with E-state index in [2.05, 4.69) is 0 Å². The van der Waals surface area contributed by atoms with Crippen molar-refractivity contribution in [2.24, 2.45) is 0 Å². The Kier molecular flexibility index (Phi) is 4.89. The van der Waals surface area contributed by atoms with Crippen molar-refractivity contribution in [1.82, 2.24) is 0 Å². The number of carboxylic acid groups (broad SMARTS) is 1. The molecule has 0 saturated heterocycles. The number of para-hydroxylation sites is 1. The Morgan fingerprint density at radius 1 is 1.19 bits per heavy atom. The van der Waals surface area contributed by atoms with Gasteiger partial charge < -0.3 is 9.84 Å². The predicted octanol–water partition coefficient (Wildman–Crippen LogP) is 5.19. The molecule has 0 fully saturated rings. The zero-order valence-corrected chi connectivity index (χ0v) is 12.7. The van der Waals surface area contributed by atoms with E-state index in [9.17, 15) is 4.79 Å². The van der Waals surface area contributed by atoms with Crippen molar-refractivity contribution in [3.63, 3.8) is 0 Å². The van der Waals surface area contributed by atoms with Crippen molar-refractivity contribution in [2.45, 2.75) is 6.92 Å². The maximum atomic E-state index is 10.6. The molecule has 0 saturated carbocycles. The maximum Gasteiger partial charge on any atom is 0.328 e. The van der Waals surface area contributed by atoms with Crippen LogP contribution >= 0.6 is 23.2 Å². The predicted molar refractivity (Wildman–Crippen MR) is 84.4 cm³/mol. The third-order valence-corrected chi connectivity index (χ3v) is 3.47. The molecule has 2 aromatic carbocycles. The molecule has 3 nitrogen and oxygen atoms in total. The normalized spacial score (nSPS) is 10.8. The summed E-state index contributed by atoms with van der Waals surface area (Å²) in [5.74, 6) is -0.0587. The number of aryl methyl sites for hydroxylation is 1. The van der Waals surface area contributed by atoms with E-state index in [0.717, 1.165) is 11.6 Å². The minimum absolute atomic E-state index is 0.398. The molecule has 2 rings (SSSR count). The van der Waals surface area contributed by atoms with Gasteiger partial charge in [-0.3, -0.25) is 0 Å². The summed E-state index contributed by atoms with van der Waals surface area (Å²) in [5.41, 5.74) is 1.46. The maximum absolute atomic E-state index is 10.6. The minimum atomic E-state index is -1.04. The molecule has 0 spiro atoms. The summed E-state index contributed by atoms with van der Waals surface area (Å²) in [6.07, 6.45) is 2.47. The fraction of sp³-hybridized carbons (Fsp3) is 0.0625. The highest BCUT2D eigenvalue weighted by molar-refractivity contribution is 6.32. The van der Waals surface area contributed by atoms with Gasteiger partial charge in [-0.1, -0.05) is 35.3 Å². The zero-order chi connectivity index (χ0) is 15.4. The molecule has 0 amide bonds. The molecule has 108 valence electrons. The van der Waals surface area contributed by atoms with Crippen molar-refractivity contribution < 1.29 is 14.6 Å². The summed E-state index contributed by atoms with van der Waals surface area (Å²) in [6.45, 7) is 1.87. The second kappa shape index (κ2) is 6.66. The van der Waals surface area contributed by atoms with Crippen LogP contribution in [0.25, 0.3) is 6.08 Å². The average molecular weight is 323 g/mol. The van der Waals surface area contributed by atoms with E-state index in [-0.39, 0.29) is 0 Å². The molecule has 2 aromatic rings. The largest absolute Gasteiger partial charge is 0.478 e. The highest BCUT2D eigenvalue weighted by Gasteiger charge is 2.09. The topological polar surface area (TPSA) is 46.5 Å². The lowest BCUT2D eigenvalue weighted by Gasteiger charge is -2.11. The molecular weight excluding hydrogens is 311 g/mol. The van der Waals surface area contributed by atoms with Crippen LogP contribution in [0.15, 0.2) is 42.5 Å². The summed E-state index contributed by atoms with van der Waals surface area (Å²) in [4.78, 5) is 10.6. The molecule has 0 atom stereocenters. The third-order valence-electron chi connectivity index (χ3n) is 2.75. The van der Waals surface area contributed by atoms with Gasteiger partial charge in [-0.2, -0.15) is 0 Å². The summed E-state index contributed by atoms with van der Waals surface area (Å²) < 4.78 is 5.77. The third kappa shape index (κ3) is 4.00. The van der Waals surface area contributed by atoms with E-state index in [1.54, 1.807) is 36.4 Å². The Morgan fingerprint density at radius 2 is 1.95 bits per heavy atom. The quantitative estimate of drug-likeness (QED) is 0.787. The Morgan fingerprint density at radius 3 is 2.62 bits per heavy atom. The van der Waals surface area contributed by atoms with Gasteiger partial charge in [-0.15, -0.1) is 0 Å². The van der Waals surface area contributed by atoms with E-state index in [1.807, 2.05) is 6.92 Å². The number of carboxylic acids is 1. The lowest BCUT2D eigenvalue weighted by atomic mass is 10.2. The van der Waals surface area contributed by atoms with Crippen molar-refractivity contribution >= 4 is 35.2 Å². The van der Waals surface area contributed by atoms with Crippen LogP contribution < -0.4 is 4.74 Å². The molecule has 0 heterocycles. The fourth-order valence-electron chi connectivity index (χ4n) is 1.72. The van der Waals surface area contributed by atoms with E-state index >= 15 is 0 Å². The van der Waals surface area contributed by atoms with Gasteiger partial charge in [0.1, 0.15) is 5.75 Å². The van der Waals surface area contributed by atoms with E-state index in [4.69, 9.17) is 33.0 Å². The van der Waals surface area contributed by atoms with Crippen LogP contribution in [0.3, 0.4) is 0 Å². The van der Waals surface area contributed by atoms with Gasteiger partial charge >= 0.3 is 5.97 Å². The van der Waals surface area contributed by atoms with Gasteiger partial charge in [0.2, 0.25) is 0 Å². The Hall–Kier alpha value is -1.97. The molecule has 0 aliphatic rings. The van der Waals surface area contributed by atoms with Gasteiger partial charge in [0.15, 0.2) is 5.75 Å². The van der Waals surface area contributed by atoms with Gasteiger partial charge in [-0.25, -0.2) is 4.79 Å². The van der Waals surface area contributed by atoms with Crippen molar-refractivity contribution in [3.8, 4) is 11.5 Å². The molecule has 0 aliphatic heterocycles. The molecule has 21 heavy (non-hydrogen) atoms. The first kappa shape index (κ1) is 15.4. The summed E-state index contributed by atoms with van der Waals surface area (Å²) >= 11 is 12.1. The number of rotatable bonds is 4. The Bertz CT molecular complexity index is 709. The lowest BCUT2D eigenvalue weighted by Crippen LogP contribution is -1.91. The van der Waals surface area contributed by atoms with E-state index in [0.29, 0.717) is 27.1 Å². The SMILES string of the molecule is Cc1cc(Oc2c(Cl)cccc2/C=C/C(=O)O)ccc1Cl. The molecule has 5 heteroatoms. The van der Waals surface area contributed by atoms with E-state index < -0.39 is 5.97 Å². The number of ether oxygens (including phenoxy) is 1. The summed E-state index contributed by atoms with van der Waals surface area (Å²) in [6, 6.07) is 10.4. The van der Waals surface area contributed by atoms with Crippen LogP contribution in [0.1, 0.15) is 11.1 Å². The zero-order valence-electron chi connectivity index (χ0n) is 11.1. The van der Waals surface area contributed by atoms with Crippen LogP contribution in [-0.2, 0) is 4.79 Å². The first-order valence-electron chi connectivity index (χ1n) is 6.11. The highest BCUT2D eigenvalue weighted by Crippen LogP contribution is 2.34. The molecule has 0 aromatic heterocycles. The van der Waals surface area contributed by atoms with Gasteiger partial charge in [0, 0.05) is 16.7 Å². The average Bonchev–Trinajstić information content (AvgIpc) is 2.43. The van der Waals surface area contributed by atoms with E-state index in [1.165, 1.54) is 6.08 Å². The standard InChI is InChI=1S/C16H12Cl2O3/c1-10-9-12(6-7-13(10)17)21-16-11(5-8-15(19)20)3-2-4-14(16)18/h2-9H,1H3,(H,19,20)/b8-5+. The molecule has 1 N–H and O–H groups in total. The smallest absolute Gasteiger partial charge is 0.328 e. The van der Waals surface area contributed by atoms with Crippen molar-refractivity contribution in [3.05, 3.63) is 63.6 Å². The number of hydrogen-bond donors (Lipinski definition) is 1. The molecule has 0 bridgehead atoms. The molecular formula is C16H12Cl2O3. The second-order valence-electron chi connectivity index (χ2n) is 4.34. The molecule has 0 unspecified atom stereocenters. The fourth-order valence-corrected chi connectivity index (χ4v) is 2.06. The van der Waals surface area contributed by atoms with Gasteiger partial charge in [0.05, 0.1) is 5.02 Å². The number of aliphatic carboxylic acids is 1. The molecule has 0 aliphatic carbocycles. The summed E-state index contributed by atoms with van der Waals surface area (Å²) in [5, 5.41) is 9.76.